The lowest BCUT2D eigenvalue weighted by Crippen LogP contribution is -2.39. The van der Waals surface area contributed by atoms with Crippen molar-refractivity contribution in [2.24, 2.45) is 0 Å². The zero-order valence-electron chi connectivity index (χ0n) is 16.3. The van der Waals surface area contributed by atoms with Gasteiger partial charge < -0.3 is 4.90 Å². The monoisotopic (exact) mass is 438 g/mol. The highest BCUT2D eigenvalue weighted by Gasteiger charge is 2.31. The summed E-state index contributed by atoms with van der Waals surface area (Å²) in [6.45, 7) is 2.34. The predicted molar refractivity (Wildman–Crippen MR) is 111 cm³/mol. The Balaban J connectivity index is 1.48. The highest BCUT2D eigenvalue weighted by atomic mass is 35.5. The molecule has 9 heteroatoms. The van der Waals surface area contributed by atoms with Gasteiger partial charge in [0.15, 0.2) is 5.69 Å². The van der Waals surface area contributed by atoms with Gasteiger partial charge in [0.25, 0.3) is 5.91 Å². The summed E-state index contributed by atoms with van der Waals surface area (Å²) in [5, 5.41) is 7.88. The van der Waals surface area contributed by atoms with E-state index in [1.165, 1.54) is 12.1 Å². The number of nitrogens with zero attached hydrogens (tertiary/aromatic N) is 3. The van der Waals surface area contributed by atoms with Crippen LogP contribution in [0.2, 0.25) is 5.02 Å². The molecule has 1 saturated heterocycles. The highest BCUT2D eigenvalue weighted by Crippen LogP contribution is 2.34. The number of aryl methyl sites for hydroxylation is 1. The summed E-state index contributed by atoms with van der Waals surface area (Å²) in [5.41, 5.74) is 3.06. The lowest BCUT2D eigenvalue weighted by atomic mass is 9.89. The summed E-state index contributed by atoms with van der Waals surface area (Å²) in [7, 11) is -1.09. The molecule has 1 atom stereocenters. The zero-order chi connectivity index (χ0) is 20.5. The number of amides is 1. The van der Waals surface area contributed by atoms with Crippen LogP contribution in [0.4, 0.5) is 4.39 Å². The van der Waals surface area contributed by atoms with Crippen molar-refractivity contribution in [3.8, 4) is 0 Å². The minimum atomic E-state index is -1.09. The Morgan fingerprint density at radius 1 is 1.31 bits per heavy atom. The molecule has 1 N–H and O–H groups in total. The van der Waals surface area contributed by atoms with Crippen LogP contribution >= 0.6 is 11.6 Å². The number of aromatic nitrogens is 2. The minimum Gasteiger partial charge on any atom is -0.337 e. The molecule has 1 aromatic carbocycles. The third-order valence-electron chi connectivity index (χ3n) is 5.87. The van der Waals surface area contributed by atoms with Crippen molar-refractivity contribution < 1.29 is 13.4 Å². The number of nitrogens with one attached hydrogen (secondary N) is 1. The smallest absolute Gasteiger partial charge is 0.274 e. The number of benzene rings is 1. The fourth-order valence-electron chi connectivity index (χ4n) is 4.23. The largest absolute Gasteiger partial charge is 0.337 e. The van der Waals surface area contributed by atoms with E-state index in [2.05, 4.69) is 10.2 Å². The predicted octanol–water partition coefficient (Wildman–Crippen LogP) is 3.26. The SMILES string of the molecule is CS(=O)N1CCCc2[nH]nc(C(=O)N3CCC(c4cc(F)ccc4Cl)CC3)c2C1. The molecule has 0 radical (unpaired) electrons. The van der Waals surface area contributed by atoms with Gasteiger partial charge in [-0.05, 0) is 55.4 Å². The maximum absolute atomic E-state index is 13.6. The molecule has 6 nitrogen and oxygen atoms in total. The maximum atomic E-state index is 13.6. The van der Waals surface area contributed by atoms with E-state index in [0.29, 0.717) is 30.4 Å². The number of rotatable bonds is 3. The Morgan fingerprint density at radius 2 is 2.07 bits per heavy atom. The van der Waals surface area contributed by atoms with Gasteiger partial charge in [-0.1, -0.05) is 11.6 Å². The number of H-pyrrole nitrogens is 1. The first-order valence-electron chi connectivity index (χ1n) is 9.83. The summed E-state index contributed by atoms with van der Waals surface area (Å²) in [6, 6.07) is 4.45. The first-order valence-corrected chi connectivity index (χ1v) is 11.7. The molecule has 0 bridgehead atoms. The van der Waals surface area contributed by atoms with Gasteiger partial charge in [0, 0.05) is 48.7 Å². The molecule has 0 aliphatic carbocycles. The number of likely N-dealkylation sites (tertiary alicyclic amines) is 1. The van der Waals surface area contributed by atoms with Crippen molar-refractivity contribution in [2.45, 2.75) is 38.1 Å². The lowest BCUT2D eigenvalue weighted by molar-refractivity contribution is 0.0705. The van der Waals surface area contributed by atoms with Crippen molar-refractivity contribution >= 4 is 28.5 Å². The van der Waals surface area contributed by atoms with Gasteiger partial charge in [0.2, 0.25) is 0 Å². The second-order valence-corrected chi connectivity index (χ2v) is 9.42. The third-order valence-corrected chi connectivity index (χ3v) is 7.25. The molecular formula is C20H24ClFN4O2S. The highest BCUT2D eigenvalue weighted by molar-refractivity contribution is 7.81. The number of hydrogen-bond acceptors (Lipinski definition) is 3. The second-order valence-electron chi connectivity index (χ2n) is 7.65. The topological polar surface area (TPSA) is 69.3 Å². The van der Waals surface area contributed by atoms with Gasteiger partial charge in [-0.2, -0.15) is 5.10 Å². The molecule has 1 fully saturated rings. The summed E-state index contributed by atoms with van der Waals surface area (Å²) in [4.78, 5) is 15.0. The Hall–Kier alpha value is -1.77. The molecule has 3 heterocycles. The molecule has 2 aliphatic heterocycles. The number of halogens is 2. The Morgan fingerprint density at radius 3 is 2.79 bits per heavy atom. The molecule has 1 amide bonds. The number of carbonyl (C=O) groups excluding carboxylic acids is 1. The molecule has 2 aromatic rings. The maximum Gasteiger partial charge on any atom is 0.274 e. The van der Waals surface area contributed by atoms with Crippen molar-refractivity contribution in [1.82, 2.24) is 19.4 Å². The van der Waals surface area contributed by atoms with E-state index in [9.17, 15) is 13.4 Å². The quantitative estimate of drug-likeness (QED) is 0.799. The minimum absolute atomic E-state index is 0.102. The Kier molecular flexibility index (Phi) is 6.03. The van der Waals surface area contributed by atoms with E-state index < -0.39 is 11.0 Å². The molecule has 29 heavy (non-hydrogen) atoms. The number of aromatic amines is 1. The van der Waals surface area contributed by atoms with Crippen molar-refractivity contribution in [2.75, 3.05) is 25.9 Å². The molecule has 0 saturated carbocycles. The van der Waals surface area contributed by atoms with Crippen molar-refractivity contribution in [3.05, 3.63) is 51.6 Å². The van der Waals surface area contributed by atoms with Gasteiger partial charge in [-0.15, -0.1) is 0 Å². The first-order chi connectivity index (χ1) is 13.9. The molecule has 1 unspecified atom stereocenters. The fraction of sp³-hybridized carbons (Fsp3) is 0.500. The third kappa shape index (κ3) is 4.25. The van der Waals surface area contributed by atoms with Gasteiger partial charge >= 0.3 is 0 Å². The number of fused-ring (bicyclic) bond motifs is 1. The van der Waals surface area contributed by atoms with E-state index in [4.69, 9.17) is 11.6 Å². The van der Waals surface area contributed by atoms with E-state index in [0.717, 1.165) is 49.0 Å². The average Bonchev–Trinajstić information content (AvgIpc) is 2.98. The van der Waals surface area contributed by atoms with Gasteiger partial charge in [0.1, 0.15) is 5.82 Å². The van der Waals surface area contributed by atoms with Crippen LogP contribution in [0.5, 0.6) is 0 Å². The standard InChI is InChI=1S/C20H24ClFN4O2S/c1-29(28)26-8-2-3-18-16(12-26)19(24-23-18)20(27)25-9-6-13(7-10-25)15-11-14(22)4-5-17(15)21/h4-5,11,13H,2-3,6-10,12H2,1H3,(H,23,24). The second kappa shape index (κ2) is 8.53. The van der Waals surface area contributed by atoms with Crippen LogP contribution in [-0.2, 0) is 24.0 Å². The molecule has 156 valence electrons. The Bertz CT molecular complexity index is 943. The number of carbonyl (C=O) groups is 1. The van der Waals surface area contributed by atoms with Crippen LogP contribution < -0.4 is 0 Å². The summed E-state index contributed by atoms with van der Waals surface area (Å²) < 4.78 is 27.4. The average molecular weight is 439 g/mol. The van der Waals surface area contributed by atoms with Crippen LogP contribution in [0.15, 0.2) is 18.2 Å². The van der Waals surface area contributed by atoms with E-state index in [-0.39, 0.29) is 17.6 Å². The van der Waals surface area contributed by atoms with Gasteiger partial charge in [-0.25, -0.2) is 12.9 Å². The van der Waals surface area contributed by atoms with E-state index in [1.807, 2.05) is 4.31 Å². The van der Waals surface area contributed by atoms with Crippen LogP contribution in [0.3, 0.4) is 0 Å². The van der Waals surface area contributed by atoms with Crippen LogP contribution in [-0.4, -0.2) is 55.4 Å². The van der Waals surface area contributed by atoms with Crippen molar-refractivity contribution in [3.63, 3.8) is 0 Å². The van der Waals surface area contributed by atoms with Crippen molar-refractivity contribution in [1.29, 1.82) is 0 Å². The normalized spacial score (nSPS) is 19.6. The fourth-order valence-corrected chi connectivity index (χ4v) is 5.20. The van der Waals surface area contributed by atoms with Gasteiger partial charge in [-0.3, -0.25) is 9.89 Å². The van der Waals surface area contributed by atoms with Crippen LogP contribution in [0.1, 0.15) is 52.5 Å². The molecule has 0 spiro atoms. The number of piperidine rings is 1. The molecule has 2 aliphatic rings. The Labute approximate surface area is 177 Å². The number of hydrogen-bond donors (Lipinski definition) is 1. The van der Waals surface area contributed by atoms with Crippen LogP contribution in [0, 0.1) is 5.82 Å². The molecular weight excluding hydrogens is 415 g/mol. The lowest BCUT2D eigenvalue weighted by Gasteiger charge is -2.32. The van der Waals surface area contributed by atoms with E-state index in [1.54, 1.807) is 17.2 Å². The van der Waals surface area contributed by atoms with Gasteiger partial charge in [0.05, 0.1) is 11.0 Å². The summed E-state index contributed by atoms with van der Waals surface area (Å²) in [6.07, 6.45) is 4.79. The zero-order valence-corrected chi connectivity index (χ0v) is 17.9. The first kappa shape index (κ1) is 20.5. The van der Waals surface area contributed by atoms with Crippen LogP contribution in [0.25, 0.3) is 0 Å². The van der Waals surface area contributed by atoms with E-state index >= 15 is 0 Å². The summed E-state index contributed by atoms with van der Waals surface area (Å²) in [5.74, 6) is -0.258. The molecule has 1 aromatic heterocycles. The molecule has 4 rings (SSSR count). The summed E-state index contributed by atoms with van der Waals surface area (Å²) >= 11 is 6.25.